The first kappa shape index (κ1) is 13.9. The van der Waals surface area contributed by atoms with Crippen molar-refractivity contribution in [3.63, 3.8) is 0 Å². The fourth-order valence-corrected chi connectivity index (χ4v) is 2.64. The van der Waals surface area contributed by atoms with Crippen molar-refractivity contribution in [2.24, 2.45) is 0 Å². The van der Waals surface area contributed by atoms with Gasteiger partial charge in [-0.2, -0.15) is 13.2 Å². The number of benzene rings is 2. The molecule has 21 heavy (non-hydrogen) atoms. The molecule has 6 heteroatoms. The number of halogens is 4. The molecule has 2 aromatic rings. The molecule has 0 aromatic heterocycles. The number of rotatable bonds is 1. The van der Waals surface area contributed by atoms with E-state index in [0.717, 1.165) is 12.1 Å². The molecule has 0 N–H and O–H groups in total. The number of fused-ring (bicyclic) bond motifs is 1. The van der Waals surface area contributed by atoms with Crippen LogP contribution in [0.15, 0.2) is 48.5 Å². The molecule has 0 amide bonds. The molecular formula is C15H8ClF3O2. The SMILES string of the molecule is O=C1OC(Cl)(c2cccc(C(F)(F)F)c2)c2ccccc21. The molecule has 1 atom stereocenters. The minimum absolute atomic E-state index is 0.0669. The highest BCUT2D eigenvalue weighted by Gasteiger charge is 2.46. The van der Waals surface area contributed by atoms with Crippen molar-refractivity contribution >= 4 is 17.6 Å². The number of esters is 1. The number of ether oxygens (including phenoxy) is 1. The molecule has 0 bridgehead atoms. The van der Waals surface area contributed by atoms with Crippen LogP contribution >= 0.6 is 11.6 Å². The zero-order valence-corrected chi connectivity index (χ0v) is 11.2. The van der Waals surface area contributed by atoms with E-state index in [1.807, 2.05) is 0 Å². The van der Waals surface area contributed by atoms with E-state index >= 15 is 0 Å². The fraction of sp³-hybridized carbons (Fsp3) is 0.133. The van der Waals surface area contributed by atoms with Crippen molar-refractivity contribution < 1.29 is 22.7 Å². The average molecular weight is 313 g/mol. The summed E-state index contributed by atoms with van der Waals surface area (Å²) in [4.78, 5) is 11.8. The lowest BCUT2D eigenvalue weighted by atomic mass is 9.97. The normalized spacial score (nSPS) is 21.0. The number of hydrogen-bond donors (Lipinski definition) is 0. The monoisotopic (exact) mass is 312 g/mol. The van der Waals surface area contributed by atoms with E-state index in [0.29, 0.717) is 5.56 Å². The minimum Gasteiger partial charge on any atom is -0.431 e. The molecule has 2 aromatic carbocycles. The quantitative estimate of drug-likeness (QED) is 0.579. The molecule has 0 spiro atoms. The van der Waals surface area contributed by atoms with Gasteiger partial charge in [0, 0.05) is 11.1 Å². The second kappa shape index (κ2) is 4.49. The summed E-state index contributed by atoms with van der Waals surface area (Å²) in [7, 11) is 0. The number of carbonyl (C=O) groups is 1. The molecule has 0 fully saturated rings. The van der Waals surface area contributed by atoms with Gasteiger partial charge in [0.25, 0.3) is 0 Å². The van der Waals surface area contributed by atoms with Crippen molar-refractivity contribution in [3.05, 3.63) is 70.8 Å². The Morgan fingerprint density at radius 3 is 2.48 bits per heavy atom. The van der Waals surface area contributed by atoms with Crippen LogP contribution in [0.25, 0.3) is 0 Å². The zero-order valence-electron chi connectivity index (χ0n) is 10.4. The molecule has 3 rings (SSSR count). The Morgan fingerprint density at radius 1 is 1.05 bits per heavy atom. The Bertz CT molecular complexity index is 727. The smallest absolute Gasteiger partial charge is 0.416 e. The van der Waals surface area contributed by atoms with Crippen LogP contribution in [-0.2, 0) is 16.0 Å². The van der Waals surface area contributed by atoms with Crippen LogP contribution in [0.2, 0.25) is 0 Å². The molecule has 108 valence electrons. The van der Waals surface area contributed by atoms with Crippen LogP contribution < -0.4 is 0 Å². The second-order valence-corrected chi connectivity index (χ2v) is 5.14. The van der Waals surface area contributed by atoms with Crippen LogP contribution in [0.1, 0.15) is 27.0 Å². The van der Waals surface area contributed by atoms with Gasteiger partial charge < -0.3 is 4.74 Å². The Labute approximate surface area is 123 Å². The summed E-state index contributed by atoms with van der Waals surface area (Å²) in [6.07, 6.45) is -4.49. The molecule has 0 saturated carbocycles. The number of carbonyl (C=O) groups excluding carboxylic acids is 1. The number of alkyl halides is 4. The summed E-state index contributed by atoms with van der Waals surface area (Å²) < 4.78 is 43.5. The van der Waals surface area contributed by atoms with Crippen molar-refractivity contribution in [1.82, 2.24) is 0 Å². The van der Waals surface area contributed by atoms with Crippen molar-refractivity contribution in [2.45, 2.75) is 11.2 Å². The lowest BCUT2D eigenvalue weighted by Gasteiger charge is -2.22. The predicted molar refractivity (Wildman–Crippen MR) is 69.9 cm³/mol. The molecule has 0 saturated heterocycles. The van der Waals surface area contributed by atoms with Gasteiger partial charge in [-0.15, -0.1) is 0 Å². The van der Waals surface area contributed by atoms with E-state index in [1.165, 1.54) is 18.2 Å². The van der Waals surface area contributed by atoms with Crippen molar-refractivity contribution in [3.8, 4) is 0 Å². The summed E-state index contributed by atoms with van der Waals surface area (Å²) >= 11 is 6.33. The highest BCUT2D eigenvalue weighted by Crippen LogP contribution is 2.46. The third-order valence-corrected chi connectivity index (χ3v) is 3.79. The Balaban J connectivity index is 2.15. The molecule has 2 nitrogen and oxygen atoms in total. The molecule has 0 radical (unpaired) electrons. The highest BCUT2D eigenvalue weighted by molar-refractivity contribution is 6.27. The lowest BCUT2D eigenvalue weighted by Crippen LogP contribution is -2.21. The molecular weight excluding hydrogens is 305 g/mol. The number of hydrogen-bond acceptors (Lipinski definition) is 2. The Morgan fingerprint density at radius 2 is 1.76 bits per heavy atom. The molecule has 0 aliphatic carbocycles. The van der Waals surface area contributed by atoms with Gasteiger partial charge in [-0.3, -0.25) is 0 Å². The molecule has 1 aliphatic rings. The van der Waals surface area contributed by atoms with Crippen molar-refractivity contribution in [2.75, 3.05) is 0 Å². The van der Waals surface area contributed by atoms with Gasteiger partial charge in [-0.25, -0.2) is 4.79 Å². The Kier molecular flexibility index (Phi) is 2.99. The van der Waals surface area contributed by atoms with E-state index in [-0.39, 0.29) is 11.1 Å². The summed E-state index contributed by atoms with van der Waals surface area (Å²) in [5.41, 5.74) is -0.182. The Hall–Kier alpha value is -2.01. The van der Waals surface area contributed by atoms with Gasteiger partial charge in [0.15, 0.2) is 0 Å². The summed E-state index contributed by atoms with van der Waals surface area (Å²) in [5, 5.41) is -1.73. The van der Waals surface area contributed by atoms with Crippen LogP contribution in [-0.4, -0.2) is 5.97 Å². The predicted octanol–water partition coefficient (Wildman–Crippen LogP) is 4.32. The summed E-state index contributed by atoms with van der Waals surface area (Å²) in [5.74, 6) is -0.655. The third kappa shape index (κ3) is 2.17. The standard InChI is InChI=1S/C15H8ClF3O2/c16-14(9-4-3-5-10(8-9)15(17,18)19)12-7-2-1-6-11(12)13(20)21-14/h1-8H. The first-order chi connectivity index (χ1) is 9.82. The zero-order chi connectivity index (χ0) is 15.3. The maximum Gasteiger partial charge on any atom is 0.416 e. The van der Waals surface area contributed by atoms with E-state index in [4.69, 9.17) is 16.3 Å². The van der Waals surface area contributed by atoms with Gasteiger partial charge in [-0.05, 0) is 18.2 Å². The first-order valence-electron chi connectivity index (χ1n) is 6.02. The first-order valence-corrected chi connectivity index (χ1v) is 6.39. The summed E-state index contributed by atoms with van der Waals surface area (Å²) in [6, 6.07) is 10.8. The molecule has 1 heterocycles. The van der Waals surface area contributed by atoms with Gasteiger partial charge in [0.05, 0.1) is 11.1 Å². The summed E-state index contributed by atoms with van der Waals surface area (Å²) in [6.45, 7) is 0. The molecule has 1 unspecified atom stereocenters. The van der Waals surface area contributed by atoms with Crippen LogP contribution in [0.5, 0.6) is 0 Å². The lowest BCUT2D eigenvalue weighted by molar-refractivity contribution is -0.137. The average Bonchev–Trinajstić information content (AvgIpc) is 2.72. The van der Waals surface area contributed by atoms with Gasteiger partial charge in [0.1, 0.15) is 0 Å². The van der Waals surface area contributed by atoms with Gasteiger partial charge in [0.2, 0.25) is 5.06 Å². The third-order valence-electron chi connectivity index (χ3n) is 3.29. The maximum atomic E-state index is 12.8. The van der Waals surface area contributed by atoms with Gasteiger partial charge >= 0.3 is 12.1 Å². The van der Waals surface area contributed by atoms with Crippen LogP contribution in [0, 0.1) is 0 Å². The van der Waals surface area contributed by atoms with Crippen molar-refractivity contribution in [1.29, 1.82) is 0 Å². The van der Waals surface area contributed by atoms with E-state index in [1.54, 1.807) is 18.2 Å². The van der Waals surface area contributed by atoms with E-state index in [9.17, 15) is 18.0 Å². The molecule has 1 aliphatic heterocycles. The van der Waals surface area contributed by atoms with Crippen LogP contribution in [0.3, 0.4) is 0 Å². The minimum atomic E-state index is -4.49. The largest absolute Gasteiger partial charge is 0.431 e. The van der Waals surface area contributed by atoms with E-state index in [2.05, 4.69) is 0 Å². The second-order valence-electron chi connectivity index (χ2n) is 4.61. The van der Waals surface area contributed by atoms with Gasteiger partial charge in [-0.1, -0.05) is 41.9 Å². The highest BCUT2D eigenvalue weighted by atomic mass is 35.5. The maximum absolute atomic E-state index is 12.8. The number of cyclic esters (lactones) is 1. The van der Waals surface area contributed by atoms with Crippen LogP contribution in [0.4, 0.5) is 13.2 Å². The fourth-order valence-electron chi connectivity index (χ4n) is 2.29. The topological polar surface area (TPSA) is 26.3 Å². The van der Waals surface area contributed by atoms with E-state index < -0.39 is 22.8 Å².